The number of fused-ring (bicyclic) bond motifs is 4. The van der Waals surface area contributed by atoms with E-state index in [1.54, 1.807) is 0 Å². The van der Waals surface area contributed by atoms with E-state index in [1.807, 2.05) is 9.80 Å². The topological polar surface area (TPSA) is 512 Å². The van der Waals surface area contributed by atoms with Crippen LogP contribution in [0.3, 0.4) is 0 Å². The van der Waals surface area contributed by atoms with Gasteiger partial charge in [-0.15, -0.1) is 47.4 Å². The summed E-state index contributed by atoms with van der Waals surface area (Å²) >= 11 is 0. The summed E-state index contributed by atoms with van der Waals surface area (Å²) in [6.45, 7) is 12.8. The molecule has 8 aliphatic rings. The van der Waals surface area contributed by atoms with Gasteiger partial charge in [0.2, 0.25) is 41.5 Å². The molecule has 4 fully saturated rings. The third-order valence-corrected chi connectivity index (χ3v) is 26.0. The van der Waals surface area contributed by atoms with E-state index >= 15 is 0 Å². The van der Waals surface area contributed by atoms with Crippen molar-refractivity contribution in [3.8, 4) is 47.4 Å². The standard InChI is InChI=1S/C102H162N14O30/c117-91(103-31-35-108-99(123)143-75-87-79-17-9-1-2-10-18-80(79)87)26-43-127-51-59-135-67-71-139-63-55-131-47-39-115(40-48-132-56-64-140-72-68-136-60-52-128-44-27-92(118)104-32-36-109-100(124)144-76-88-81-19-11-3-4-12-20-82(81)88)97-112-96(107-30-25-95(121)122)113-98(114-97)116(41-49-133-57-65-141-73-69-137-61-53-129-45-28-93(119)105-33-37-110-101(125)145-77-89-83-21-13-5-6-14-22-84(83)89)42-50-134-58-66-142-74-70-138-62-54-130-46-29-94(120)106-34-38-111-102(126)146-78-90-85-23-15-7-8-16-24-86(85)90/h79-90H,9-78H2,(H,103,117)(H,104,118)(H,105,119)(H,106,120)(H,108,123)(H,109,124)(H,110,125)(H,111,126)(H,121,122)(H,107,112,113,114)/t79-,80+,81-,82+,83-,84+,85?,86?,87?,88?,89?,90?. The molecule has 1 aromatic heterocycles. The highest BCUT2D eigenvalue weighted by atomic mass is 16.6. The summed E-state index contributed by atoms with van der Waals surface area (Å²) in [7, 11) is 0. The number of rotatable bonds is 86. The number of hydrogen-bond acceptors (Lipinski definition) is 35. The van der Waals surface area contributed by atoms with Gasteiger partial charge in [0.25, 0.3) is 0 Å². The first-order chi connectivity index (χ1) is 71.8. The zero-order valence-electron chi connectivity index (χ0n) is 85.4. The van der Waals surface area contributed by atoms with Crippen LogP contribution >= 0.6 is 0 Å². The molecule has 10 N–H and O–H groups in total. The van der Waals surface area contributed by atoms with Crippen LogP contribution in [0.1, 0.15) is 135 Å². The van der Waals surface area contributed by atoms with Crippen LogP contribution in [0.5, 0.6) is 0 Å². The first-order valence-corrected chi connectivity index (χ1v) is 52.8. The van der Waals surface area contributed by atoms with Crippen LogP contribution in [-0.4, -0.2) is 397 Å². The molecule has 1 heterocycles. The van der Waals surface area contributed by atoms with Crippen LogP contribution < -0.4 is 57.7 Å². The Bertz CT molecular complexity index is 3610. The minimum atomic E-state index is -1.03. The van der Waals surface area contributed by atoms with Gasteiger partial charge in [-0.3, -0.25) is 24.0 Å². The number of alkyl carbamates (subject to hydrolysis) is 4. The molecule has 8 aliphatic carbocycles. The van der Waals surface area contributed by atoms with Gasteiger partial charge in [0.15, 0.2) is 0 Å². The quantitative estimate of drug-likeness (QED) is 0.0246. The van der Waals surface area contributed by atoms with E-state index in [2.05, 4.69) is 95.2 Å². The number of carbonyl (C=O) groups excluding carboxylic acids is 8. The average molecular weight is 2060 g/mol. The molecule has 146 heavy (non-hydrogen) atoms. The molecule has 820 valence electrons. The molecular formula is C102H162N14O30. The molecule has 9 rings (SSSR count). The minimum absolute atomic E-state index is 0.00572. The number of amides is 8. The summed E-state index contributed by atoms with van der Waals surface area (Å²) in [5.41, 5.74) is 0. The van der Waals surface area contributed by atoms with Crippen molar-refractivity contribution >= 4 is 71.8 Å². The third-order valence-electron chi connectivity index (χ3n) is 26.0. The van der Waals surface area contributed by atoms with Gasteiger partial charge in [0.1, 0.15) is 0 Å². The number of nitrogens with zero attached hydrogens (tertiary/aromatic N) is 5. The molecule has 0 radical (unpaired) electrons. The number of carboxylic acids is 1. The number of hydrogen-bond donors (Lipinski definition) is 10. The maximum Gasteiger partial charge on any atom is 0.407 e. The second-order valence-electron chi connectivity index (χ2n) is 36.3. The average Bonchev–Trinajstić information content (AvgIpc) is 1.64. The molecule has 0 aromatic carbocycles. The van der Waals surface area contributed by atoms with Gasteiger partial charge in [0.05, 0.1) is 244 Å². The number of ether oxygens (including phenoxy) is 20. The van der Waals surface area contributed by atoms with Crippen molar-refractivity contribution in [1.82, 2.24) is 57.5 Å². The third kappa shape index (κ3) is 55.1. The van der Waals surface area contributed by atoms with Crippen molar-refractivity contribution in [2.45, 2.75) is 135 Å². The Morgan fingerprint density at radius 1 is 0.240 bits per heavy atom. The number of carboxylic acid groups (broad SMARTS) is 1. The van der Waals surface area contributed by atoms with Crippen LogP contribution in [0.15, 0.2) is 0 Å². The van der Waals surface area contributed by atoms with Gasteiger partial charge in [-0.25, -0.2) is 19.2 Å². The zero-order chi connectivity index (χ0) is 103. The number of anilines is 3. The fraction of sp³-hybridized carbons (Fsp3) is 0.804. The van der Waals surface area contributed by atoms with Crippen LogP contribution in [0.25, 0.3) is 0 Å². The van der Waals surface area contributed by atoms with Crippen molar-refractivity contribution in [2.24, 2.45) is 71.0 Å². The second kappa shape index (κ2) is 76.9. The van der Waals surface area contributed by atoms with Crippen molar-refractivity contribution in [3.05, 3.63) is 0 Å². The Morgan fingerprint density at radius 3 is 0.623 bits per heavy atom. The molecule has 0 saturated heterocycles. The Hall–Kier alpha value is -9.56. The molecule has 11 atom stereocenters. The van der Waals surface area contributed by atoms with Crippen molar-refractivity contribution in [2.75, 3.05) is 338 Å². The Morgan fingerprint density at radius 2 is 0.425 bits per heavy atom. The predicted octanol–water partition coefficient (Wildman–Crippen LogP) is 4.32. The summed E-state index contributed by atoms with van der Waals surface area (Å²) in [6, 6.07) is 0. The van der Waals surface area contributed by atoms with E-state index in [0.717, 1.165) is 103 Å². The van der Waals surface area contributed by atoms with Crippen molar-refractivity contribution < 1.29 is 143 Å². The highest BCUT2D eigenvalue weighted by Crippen LogP contribution is 2.55. The summed E-state index contributed by atoms with van der Waals surface area (Å²) in [5.74, 6) is 30.5. The molecule has 44 nitrogen and oxygen atoms in total. The highest BCUT2D eigenvalue weighted by Gasteiger charge is 2.52. The normalized spacial score (nSPS) is 20.4. The number of aliphatic carboxylic acids is 1. The lowest BCUT2D eigenvalue weighted by atomic mass is 10.1. The summed E-state index contributed by atoms with van der Waals surface area (Å²) in [4.78, 5) is 129. The fourth-order valence-corrected chi connectivity index (χ4v) is 17.9. The lowest BCUT2D eigenvalue weighted by molar-refractivity contribution is -0.136. The molecular weight excluding hydrogens is 1900 g/mol. The predicted molar refractivity (Wildman–Crippen MR) is 533 cm³/mol. The number of nitrogens with one attached hydrogen (secondary N) is 9. The first kappa shape index (κ1) is 120. The van der Waals surface area contributed by atoms with Gasteiger partial charge < -0.3 is 157 Å². The largest absolute Gasteiger partial charge is 0.481 e. The molecule has 0 spiro atoms. The minimum Gasteiger partial charge on any atom is -0.481 e. The maximum atomic E-state index is 12.4. The molecule has 0 bridgehead atoms. The number of aromatic nitrogens is 3. The molecule has 1 aromatic rings. The Kier molecular flexibility index (Phi) is 63.2. The van der Waals surface area contributed by atoms with Gasteiger partial charge in [-0.1, -0.05) is 0 Å². The summed E-state index contributed by atoms with van der Waals surface area (Å²) in [6.07, 6.45) is 14.0. The van der Waals surface area contributed by atoms with Gasteiger partial charge >= 0.3 is 30.3 Å². The van der Waals surface area contributed by atoms with E-state index in [0.29, 0.717) is 124 Å². The van der Waals surface area contributed by atoms with Crippen LogP contribution in [0.4, 0.5) is 37.0 Å². The fourth-order valence-electron chi connectivity index (χ4n) is 17.9. The Balaban J connectivity index is 0.671. The van der Waals surface area contributed by atoms with E-state index in [9.17, 15) is 48.3 Å². The summed E-state index contributed by atoms with van der Waals surface area (Å²) in [5, 5.41) is 34.7. The molecule has 5 unspecified atom stereocenters. The molecule has 0 aliphatic heterocycles. The first-order valence-electron chi connectivity index (χ1n) is 52.8. The van der Waals surface area contributed by atoms with Crippen molar-refractivity contribution in [3.63, 3.8) is 0 Å². The lowest BCUT2D eigenvalue weighted by Gasteiger charge is -2.27. The van der Waals surface area contributed by atoms with E-state index in [4.69, 9.17) is 110 Å². The smallest absolute Gasteiger partial charge is 0.407 e. The number of carbonyl (C=O) groups is 9. The van der Waals surface area contributed by atoms with E-state index < -0.39 is 30.3 Å². The lowest BCUT2D eigenvalue weighted by Crippen LogP contribution is -2.36. The monoisotopic (exact) mass is 2060 g/mol. The van der Waals surface area contributed by atoms with Crippen LogP contribution in [0, 0.1) is 118 Å². The van der Waals surface area contributed by atoms with Crippen LogP contribution in [0.2, 0.25) is 0 Å². The summed E-state index contributed by atoms with van der Waals surface area (Å²) < 4.78 is 115. The van der Waals surface area contributed by atoms with E-state index in [-0.39, 0.29) is 344 Å². The highest BCUT2D eigenvalue weighted by molar-refractivity contribution is 5.77. The van der Waals surface area contributed by atoms with Gasteiger partial charge in [-0.05, 0) is 122 Å². The Labute approximate surface area is 859 Å². The second-order valence-corrected chi connectivity index (χ2v) is 36.3. The van der Waals surface area contributed by atoms with Crippen molar-refractivity contribution in [1.29, 1.82) is 0 Å². The SMILES string of the molecule is O=C(O)CCNc1nc(N(CCOCCOCCOCCOCCC(=O)NCCNC(=O)OCC2C3CCC#CCCC32)CCOCCOCCOCCOCCC(=O)NCCNC(=O)OCC2[C@H]3CCC#CCC[C@@H]23)nc(N(CCOCCOCCOCCOCCC(=O)NCCNC(=O)OCC2[C@H]3CCC#CCC[C@@H]23)CCOCCOCCOCCOCCC(=O)NCCNC(=O)OCC2[C@H]3CCC#CCC[C@@H]23)n1. The molecule has 4 saturated carbocycles. The zero-order valence-corrected chi connectivity index (χ0v) is 85.4. The van der Waals surface area contributed by atoms with E-state index in [1.165, 1.54) is 0 Å². The van der Waals surface area contributed by atoms with Crippen LogP contribution in [-0.2, 0) is 119 Å². The molecule has 44 heteroatoms. The maximum absolute atomic E-state index is 12.4. The van der Waals surface area contributed by atoms with Gasteiger partial charge in [-0.2, -0.15) is 15.0 Å². The molecule has 8 amide bonds. The van der Waals surface area contributed by atoms with Gasteiger partial charge in [0, 0.05) is 162 Å².